The van der Waals surface area contributed by atoms with E-state index in [1.807, 2.05) is 0 Å². The molecule has 1 N–H and O–H groups in total. The first-order chi connectivity index (χ1) is 6.38. The van der Waals surface area contributed by atoms with Crippen molar-refractivity contribution in [3.05, 3.63) is 0 Å². The van der Waals surface area contributed by atoms with Gasteiger partial charge in [0.15, 0.2) is 0 Å². The Morgan fingerprint density at radius 2 is 1.92 bits per heavy atom. The topological polar surface area (TPSA) is 32.3 Å². The van der Waals surface area contributed by atoms with Gasteiger partial charge in [-0.15, -0.1) is 0 Å². The third-order valence-electron chi connectivity index (χ3n) is 3.09. The van der Waals surface area contributed by atoms with Crippen molar-refractivity contribution in [3.63, 3.8) is 0 Å². The first-order valence-electron chi connectivity index (χ1n) is 5.40. The van der Waals surface area contributed by atoms with E-state index < -0.39 is 0 Å². The first kappa shape index (κ1) is 9.00. The molecule has 0 spiro atoms. The van der Waals surface area contributed by atoms with E-state index in [1.54, 1.807) is 0 Å². The van der Waals surface area contributed by atoms with Gasteiger partial charge in [-0.3, -0.25) is 9.69 Å². The van der Waals surface area contributed by atoms with E-state index in [1.165, 1.54) is 19.3 Å². The average molecular weight is 182 g/mol. The first-order valence-corrected chi connectivity index (χ1v) is 5.40. The highest BCUT2D eigenvalue weighted by Crippen LogP contribution is 2.17. The molecule has 3 nitrogen and oxygen atoms in total. The monoisotopic (exact) mass is 182 g/mol. The third-order valence-corrected chi connectivity index (χ3v) is 3.09. The molecule has 0 radical (unpaired) electrons. The largest absolute Gasteiger partial charge is 0.355 e. The molecule has 0 saturated carbocycles. The maximum atomic E-state index is 11.5. The molecule has 0 bridgehead atoms. The minimum Gasteiger partial charge on any atom is -0.355 e. The molecule has 2 heterocycles. The predicted octanol–water partition coefficient (Wildman–Crippen LogP) is 0.751. The molecule has 13 heavy (non-hydrogen) atoms. The van der Waals surface area contributed by atoms with Gasteiger partial charge in [0, 0.05) is 6.54 Å². The summed E-state index contributed by atoms with van der Waals surface area (Å²) in [6.07, 6.45) is 6.08. The van der Waals surface area contributed by atoms with Crippen molar-refractivity contribution in [2.45, 2.75) is 38.1 Å². The summed E-state index contributed by atoms with van der Waals surface area (Å²) in [6, 6.07) is 0.189. The molecule has 2 saturated heterocycles. The molecule has 2 fully saturated rings. The van der Waals surface area contributed by atoms with E-state index in [4.69, 9.17) is 0 Å². The number of nitrogens with zero attached hydrogens (tertiary/aromatic N) is 1. The summed E-state index contributed by atoms with van der Waals surface area (Å²) in [5.41, 5.74) is 0. The standard InChI is InChI=1S/C10H18N2O/c13-10-9(5-4-6-11-10)12-7-2-1-3-8-12/h9H,1-8H2,(H,11,13)/t9-/m1/s1. The van der Waals surface area contributed by atoms with Gasteiger partial charge in [-0.25, -0.2) is 0 Å². The Hall–Kier alpha value is -0.570. The molecule has 0 aliphatic carbocycles. The van der Waals surface area contributed by atoms with Crippen LogP contribution in [0.5, 0.6) is 0 Å². The fourth-order valence-corrected chi connectivity index (χ4v) is 2.33. The number of piperidine rings is 2. The molecule has 2 rings (SSSR count). The van der Waals surface area contributed by atoms with Gasteiger partial charge in [-0.2, -0.15) is 0 Å². The zero-order chi connectivity index (χ0) is 9.10. The van der Waals surface area contributed by atoms with Crippen LogP contribution in [-0.2, 0) is 4.79 Å². The van der Waals surface area contributed by atoms with E-state index in [9.17, 15) is 4.79 Å². The van der Waals surface area contributed by atoms with Crippen molar-refractivity contribution in [2.75, 3.05) is 19.6 Å². The van der Waals surface area contributed by atoms with Crippen molar-refractivity contribution in [3.8, 4) is 0 Å². The number of rotatable bonds is 1. The molecule has 3 heteroatoms. The van der Waals surface area contributed by atoms with Crippen LogP contribution in [0.15, 0.2) is 0 Å². The maximum absolute atomic E-state index is 11.5. The summed E-state index contributed by atoms with van der Waals surface area (Å²) in [5.74, 6) is 0.258. The Morgan fingerprint density at radius 1 is 1.15 bits per heavy atom. The summed E-state index contributed by atoms with van der Waals surface area (Å²) >= 11 is 0. The molecule has 2 aliphatic heterocycles. The van der Waals surface area contributed by atoms with E-state index in [0.29, 0.717) is 0 Å². The lowest BCUT2D eigenvalue weighted by atomic mass is 10.0. The van der Waals surface area contributed by atoms with Gasteiger partial charge in [0.2, 0.25) is 5.91 Å². The molecule has 0 unspecified atom stereocenters. The van der Waals surface area contributed by atoms with E-state index in [-0.39, 0.29) is 11.9 Å². The molecule has 1 atom stereocenters. The zero-order valence-corrected chi connectivity index (χ0v) is 8.09. The number of hydrogen-bond acceptors (Lipinski definition) is 2. The Morgan fingerprint density at radius 3 is 2.62 bits per heavy atom. The van der Waals surface area contributed by atoms with Gasteiger partial charge < -0.3 is 5.32 Å². The molecule has 0 aromatic carbocycles. The summed E-state index contributed by atoms with van der Waals surface area (Å²) in [4.78, 5) is 13.9. The Labute approximate surface area is 79.5 Å². The second kappa shape index (κ2) is 4.09. The molecule has 0 aromatic heterocycles. The van der Waals surface area contributed by atoms with Crippen LogP contribution in [0.1, 0.15) is 32.1 Å². The second-order valence-corrected chi connectivity index (χ2v) is 4.05. The summed E-state index contributed by atoms with van der Waals surface area (Å²) in [5, 5.41) is 2.95. The second-order valence-electron chi connectivity index (χ2n) is 4.05. The lowest BCUT2D eigenvalue weighted by molar-refractivity contribution is -0.128. The number of carbonyl (C=O) groups excluding carboxylic acids is 1. The molecular formula is C10H18N2O. The molecular weight excluding hydrogens is 164 g/mol. The SMILES string of the molecule is O=C1NCCC[C@H]1N1CCCCC1. The fraction of sp³-hybridized carbons (Fsp3) is 0.900. The summed E-state index contributed by atoms with van der Waals surface area (Å²) in [6.45, 7) is 3.12. The van der Waals surface area contributed by atoms with Crippen molar-refractivity contribution in [2.24, 2.45) is 0 Å². The third kappa shape index (κ3) is 2.02. The van der Waals surface area contributed by atoms with E-state index in [2.05, 4.69) is 10.2 Å². The van der Waals surface area contributed by atoms with E-state index >= 15 is 0 Å². The number of nitrogens with one attached hydrogen (secondary N) is 1. The maximum Gasteiger partial charge on any atom is 0.237 e. The van der Waals surface area contributed by atoms with Crippen LogP contribution >= 0.6 is 0 Å². The summed E-state index contributed by atoms with van der Waals surface area (Å²) in [7, 11) is 0. The number of likely N-dealkylation sites (tertiary alicyclic amines) is 1. The van der Waals surface area contributed by atoms with Gasteiger partial charge >= 0.3 is 0 Å². The number of amides is 1. The normalized spacial score (nSPS) is 31.4. The number of hydrogen-bond donors (Lipinski definition) is 1. The smallest absolute Gasteiger partial charge is 0.237 e. The Bertz CT molecular complexity index is 187. The van der Waals surface area contributed by atoms with Crippen LogP contribution in [0, 0.1) is 0 Å². The van der Waals surface area contributed by atoms with Gasteiger partial charge in [0.1, 0.15) is 0 Å². The highest BCUT2D eigenvalue weighted by atomic mass is 16.2. The van der Waals surface area contributed by atoms with Crippen LogP contribution in [-0.4, -0.2) is 36.5 Å². The van der Waals surface area contributed by atoms with Crippen molar-refractivity contribution < 1.29 is 4.79 Å². The zero-order valence-electron chi connectivity index (χ0n) is 8.09. The van der Waals surface area contributed by atoms with Gasteiger partial charge in [0.05, 0.1) is 6.04 Å². The highest BCUT2D eigenvalue weighted by molar-refractivity contribution is 5.82. The van der Waals surface area contributed by atoms with Crippen LogP contribution in [0.4, 0.5) is 0 Å². The highest BCUT2D eigenvalue weighted by Gasteiger charge is 2.28. The average Bonchev–Trinajstić information content (AvgIpc) is 2.20. The van der Waals surface area contributed by atoms with Crippen molar-refractivity contribution >= 4 is 5.91 Å². The summed E-state index contributed by atoms with van der Waals surface area (Å²) < 4.78 is 0. The lowest BCUT2D eigenvalue weighted by Gasteiger charge is -2.35. The minimum absolute atomic E-state index is 0.189. The van der Waals surface area contributed by atoms with Crippen molar-refractivity contribution in [1.29, 1.82) is 0 Å². The predicted molar refractivity (Wildman–Crippen MR) is 51.5 cm³/mol. The van der Waals surface area contributed by atoms with Gasteiger partial charge in [0.25, 0.3) is 0 Å². The Kier molecular flexibility index (Phi) is 2.83. The van der Waals surface area contributed by atoms with E-state index in [0.717, 1.165) is 32.5 Å². The van der Waals surface area contributed by atoms with Gasteiger partial charge in [-0.1, -0.05) is 6.42 Å². The van der Waals surface area contributed by atoms with Crippen LogP contribution in [0.2, 0.25) is 0 Å². The van der Waals surface area contributed by atoms with Crippen LogP contribution in [0.3, 0.4) is 0 Å². The number of carbonyl (C=O) groups is 1. The van der Waals surface area contributed by atoms with Crippen LogP contribution < -0.4 is 5.32 Å². The van der Waals surface area contributed by atoms with Crippen LogP contribution in [0.25, 0.3) is 0 Å². The molecule has 0 aromatic rings. The quantitative estimate of drug-likeness (QED) is 0.649. The molecule has 1 amide bonds. The van der Waals surface area contributed by atoms with Gasteiger partial charge in [-0.05, 0) is 38.8 Å². The molecule has 74 valence electrons. The fourth-order valence-electron chi connectivity index (χ4n) is 2.33. The molecule has 2 aliphatic rings. The Balaban J connectivity index is 1.92. The lowest BCUT2D eigenvalue weighted by Crippen LogP contribution is -2.51. The van der Waals surface area contributed by atoms with Crippen molar-refractivity contribution in [1.82, 2.24) is 10.2 Å². The minimum atomic E-state index is 0.189.